The molecule has 3 atom stereocenters. The zero-order valence-electron chi connectivity index (χ0n) is 14.1. The molecular formula is C13H21N5O8S. The van der Waals surface area contributed by atoms with Gasteiger partial charge in [-0.3, -0.25) is 29.9 Å². The maximum Gasteiger partial charge on any atom is 0.413 e. The van der Waals surface area contributed by atoms with Crippen molar-refractivity contribution in [1.29, 1.82) is 0 Å². The first-order valence-electron chi connectivity index (χ1n) is 8.06. The monoisotopic (exact) mass is 407 g/mol. The van der Waals surface area contributed by atoms with Gasteiger partial charge in [0.2, 0.25) is 5.91 Å². The van der Waals surface area contributed by atoms with Crippen molar-refractivity contribution in [2.45, 2.75) is 31.3 Å². The van der Waals surface area contributed by atoms with E-state index in [2.05, 4.69) is 20.5 Å². The molecule has 0 aromatic carbocycles. The number of hydrogen-bond donors (Lipinski definition) is 6. The van der Waals surface area contributed by atoms with Crippen LogP contribution in [0.3, 0.4) is 0 Å². The van der Waals surface area contributed by atoms with Gasteiger partial charge in [-0.25, -0.2) is 4.79 Å². The maximum atomic E-state index is 12.3. The fraction of sp³-hybridized carbons (Fsp3) is 0.615. The van der Waals surface area contributed by atoms with Gasteiger partial charge in [0.1, 0.15) is 6.04 Å². The average Bonchev–Trinajstić information content (AvgIpc) is 2.64. The van der Waals surface area contributed by atoms with Crippen LogP contribution in [0.2, 0.25) is 0 Å². The highest BCUT2D eigenvalue weighted by molar-refractivity contribution is 7.80. The largest absolute Gasteiger partial charge is 0.465 e. The predicted molar refractivity (Wildman–Crippen MR) is 88.8 cm³/mol. The van der Waals surface area contributed by atoms with Crippen LogP contribution in [0.1, 0.15) is 19.3 Å². The number of hydrazine groups is 1. The van der Waals surface area contributed by atoms with Crippen LogP contribution in [0.5, 0.6) is 0 Å². The third-order valence-corrected chi connectivity index (χ3v) is 4.46. The van der Waals surface area contributed by atoms with E-state index in [1.54, 1.807) is 12.3 Å². The van der Waals surface area contributed by atoms with Crippen LogP contribution in [0.4, 0.5) is 4.79 Å². The summed E-state index contributed by atoms with van der Waals surface area (Å²) in [4.78, 5) is 36.5. The molecule has 2 heterocycles. The highest BCUT2D eigenvalue weighted by Gasteiger charge is 2.37. The predicted octanol–water partition coefficient (Wildman–Crippen LogP) is -1.91. The molecule has 0 aromatic heterocycles. The molecule has 2 aliphatic rings. The van der Waals surface area contributed by atoms with E-state index in [9.17, 15) is 27.9 Å². The van der Waals surface area contributed by atoms with Crippen molar-refractivity contribution < 1.29 is 36.7 Å². The Morgan fingerprint density at radius 3 is 2.48 bits per heavy atom. The second-order valence-electron chi connectivity index (χ2n) is 6.08. The Balaban J connectivity index is 1.88. The molecule has 0 aliphatic carbocycles. The molecule has 6 N–H and O–H groups in total. The van der Waals surface area contributed by atoms with Gasteiger partial charge in [0.25, 0.3) is 5.91 Å². The number of amides is 3. The smallest absolute Gasteiger partial charge is 0.413 e. The number of hydroxylamine groups is 1. The van der Waals surface area contributed by atoms with Gasteiger partial charge < -0.3 is 10.4 Å². The topological polar surface area (TPSA) is 186 Å². The van der Waals surface area contributed by atoms with Gasteiger partial charge in [-0.05, 0) is 25.5 Å². The third-order valence-electron chi connectivity index (χ3n) is 4.15. The first-order chi connectivity index (χ1) is 12.7. The van der Waals surface area contributed by atoms with E-state index in [0.717, 1.165) is 4.90 Å². The molecule has 27 heavy (non-hydrogen) atoms. The van der Waals surface area contributed by atoms with Gasteiger partial charge in [0.15, 0.2) is 0 Å². The third kappa shape index (κ3) is 6.35. The fourth-order valence-corrected chi connectivity index (χ4v) is 3.06. The van der Waals surface area contributed by atoms with Crippen LogP contribution in [0, 0.1) is 5.92 Å². The second-order valence-corrected chi connectivity index (χ2v) is 7.10. The van der Waals surface area contributed by atoms with E-state index >= 15 is 0 Å². The Hall–Kier alpha value is -2.42. The minimum Gasteiger partial charge on any atom is -0.465 e. The highest BCUT2D eigenvalue weighted by Crippen LogP contribution is 2.18. The van der Waals surface area contributed by atoms with E-state index < -0.39 is 40.4 Å². The summed E-state index contributed by atoms with van der Waals surface area (Å²) in [5, 5.41) is 12.2. The minimum atomic E-state index is -4.73. The van der Waals surface area contributed by atoms with E-state index in [4.69, 9.17) is 4.55 Å². The molecule has 0 radical (unpaired) electrons. The van der Waals surface area contributed by atoms with Crippen LogP contribution in [0.15, 0.2) is 12.3 Å². The molecule has 152 valence electrons. The number of carboxylic acid groups (broad SMARTS) is 1. The average molecular weight is 407 g/mol. The Morgan fingerprint density at radius 1 is 1.19 bits per heavy atom. The van der Waals surface area contributed by atoms with Crippen LogP contribution in [-0.2, 0) is 24.3 Å². The van der Waals surface area contributed by atoms with Crippen LogP contribution in [-0.4, -0.2) is 66.1 Å². The van der Waals surface area contributed by atoms with Crippen LogP contribution in [0.25, 0.3) is 0 Å². The number of likely N-dealkylation sites (tertiary alicyclic amines) is 1. The van der Waals surface area contributed by atoms with Gasteiger partial charge in [0.05, 0.1) is 12.0 Å². The molecule has 0 saturated carbocycles. The normalized spacial score (nSPS) is 25.4. The lowest BCUT2D eigenvalue weighted by molar-refractivity contribution is -0.134. The van der Waals surface area contributed by atoms with Crippen LogP contribution >= 0.6 is 0 Å². The number of hydrogen-bond acceptors (Lipinski definition) is 8. The van der Waals surface area contributed by atoms with E-state index in [1.165, 1.54) is 0 Å². The molecule has 1 saturated heterocycles. The lowest BCUT2D eigenvalue weighted by Gasteiger charge is -2.36. The van der Waals surface area contributed by atoms with E-state index in [0.29, 0.717) is 13.0 Å². The molecule has 0 unspecified atom stereocenters. The van der Waals surface area contributed by atoms with Crippen molar-refractivity contribution in [3.8, 4) is 0 Å². The number of carbonyl (C=O) groups is 3. The molecule has 1 fully saturated rings. The highest BCUT2D eigenvalue weighted by atomic mass is 32.3. The Morgan fingerprint density at radius 2 is 1.89 bits per heavy atom. The summed E-state index contributed by atoms with van der Waals surface area (Å²) in [6, 6.07) is -1.82. The summed E-state index contributed by atoms with van der Waals surface area (Å²) in [6.07, 6.45) is 2.87. The summed E-state index contributed by atoms with van der Waals surface area (Å²) in [6.45, 7) is 0.165. The maximum absolute atomic E-state index is 12.3. The summed E-state index contributed by atoms with van der Waals surface area (Å²) >= 11 is 0. The lowest BCUT2D eigenvalue weighted by atomic mass is 9.98. The van der Waals surface area contributed by atoms with E-state index in [-0.39, 0.29) is 25.3 Å². The number of piperidine rings is 1. The fourth-order valence-electron chi connectivity index (χ4n) is 2.80. The minimum absolute atomic E-state index is 0.0498. The molecule has 2 rings (SSSR count). The SMILES string of the molecule is O=C(NNC(=O)[C@@H]1CC[C@@H](NOS(=O)(=O)O)CN1C(=O)O)[C@@H]1CC=CNC1. The standard InChI is InChI=1S/C13H21N5O8S/c19-11(8-2-1-5-14-6-8)15-16-12(20)10-4-3-9(7-18(10)13(21)22)17-26-27(23,24)25/h1,5,8-10,14,17H,2-4,6-7H2,(H,15,19)(H,16,20)(H,21,22)(H,23,24,25)/t8-,9-,10+/m1/s1. The first kappa shape index (κ1) is 20.9. The van der Waals surface area contributed by atoms with Gasteiger partial charge in [-0.2, -0.15) is 18.2 Å². The van der Waals surface area contributed by atoms with Crippen molar-refractivity contribution >= 4 is 28.3 Å². The number of rotatable bonds is 5. The van der Waals surface area contributed by atoms with Crippen molar-refractivity contribution in [2.24, 2.45) is 5.92 Å². The number of carbonyl (C=O) groups excluding carboxylic acids is 2. The Bertz CT molecular complexity index is 711. The number of nitrogens with one attached hydrogen (secondary N) is 4. The second kappa shape index (κ2) is 8.98. The zero-order valence-corrected chi connectivity index (χ0v) is 14.9. The van der Waals surface area contributed by atoms with Gasteiger partial charge in [-0.15, -0.1) is 0 Å². The van der Waals surface area contributed by atoms with E-state index in [1.807, 2.05) is 5.48 Å². The summed E-state index contributed by atoms with van der Waals surface area (Å²) in [5.74, 6) is -1.47. The summed E-state index contributed by atoms with van der Waals surface area (Å²) < 4.78 is 33.7. The first-order valence-corrected chi connectivity index (χ1v) is 9.43. The van der Waals surface area contributed by atoms with Crippen molar-refractivity contribution in [2.75, 3.05) is 13.1 Å². The van der Waals surface area contributed by atoms with Gasteiger partial charge in [0, 0.05) is 13.1 Å². The molecule has 2 aliphatic heterocycles. The van der Waals surface area contributed by atoms with Crippen molar-refractivity contribution in [3.63, 3.8) is 0 Å². The summed E-state index contributed by atoms with van der Waals surface area (Å²) in [5.41, 5.74) is 6.54. The van der Waals surface area contributed by atoms with Crippen LogP contribution < -0.4 is 21.6 Å². The Kier molecular flexibility index (Phi) is 6.95. The molecule has 3 amide bonds. The quantitative estimate of drug-likeness (QED) is 0.222. The summed E-state index contributed by atoms with van der Waals surface area (Å²) in [7, 11) is -4.73. The zero-order chi connectivity index (χ0) is 20.0. The van der Waals surface area contributed by atoms with Gasteiger partial charge >= 0.3 is 16.5 Å². The Labute approximate surface area is 155 Å². The molecular weight excluding hydrogens is 386 g/mol. The molecule has 0 aromatic rings. The number of nitrogens with zero attached hydrogens (tertiary/aromatic N) is 1. The molecule has 0 spiro atoms. The van der Waals surface area contributed by atoms with Crippen molar-refractivity contribution in [3.05, 3.63) is 12.3 Å². The molecule has 13 nitrogen and oxygen atoms in total. The molecule has 0 bridgehead atoms. The van der Waals surface area contributed by atoms with Crippen molar-refractivity contribution in [1.82, 2.24) is 26.5 Å². The van der Waals surface area contributed by atoms with Gasteiger partial charge in [-0.1, -0.05) is 6.08 Å². The number of allylic oxidation sites excluding steroid dienone is 1. The molecule has 14 heteroatoms. The lowest BCUT2D eigenvalue weighted by Crippen LogP contribution is -2.60.